The van der Waals surface area contributed by atoms with Gasteiger partial charge in [-0.1, -0.05) is 38.2 Å². The zero-order chi connectivity index (χ0) is 21.0. The number of fused-ring (bicyclic) bond motifs is 5. The van der Waals surface area contributed by atoms with Gasteiger partial charge < -0.3 is 9.47 Å². The highest BCUT2D eigenvalue weighted by molar-refractivity contribution is 5.68. The van der Waals surface area contributed by atoms with E-state index in [-0.39, 0.29) is 28.9 Å². The van der Waals surface area contributed by atoms with Gasteiger partial charge in [-0.15, -0.1) is 0 Å². The van der Waals surface area contributed by atoms with Crippen LogP contribution in [0, 0.1) is 28.6 Å². The molecule has 0 aromatic rings. The number of rotatable bonds is 3. The van der Waals surface area contributed by atoms with E-state index in [2.05, 4.69) is 32.6 Å². The van der Waals surface area contributed by atoms with Crippen molar-refractivity contribution in [2.24, 2.45) is 28.6 Å². The summed E-state index contributed by atoms with van der Waals surface area (Å²) >= 11 is 0. The summed E-state index contributed by atoms with van der Waals surface area (Å²) in [5.41, 5.74) is 2.92. The van der Waals surface area contributed by atoms with E-state index in [9.17, 15) is 9.59 Å². The van der Waals surface area contributed by atoms with Gasteiger partial charge in [-0.05, 0) is 72.7 Å². The second-order valence-electron chi connectivity index (χ2n) is 10.1. The van der Waals surface area contributed by atoms with E-state index in [0.717, 1.165) is 44.1 Å². The summed E-state index contributed by atoms with van der Waals surface area (Å²) in [5.74, 6) is 1.98. The van der Waals surface area contributed by atoms with Crippen molar-refractivity contribution in [2.45, 2.75) is 78.7 Å². The first-order valence-corrected chi connectivity index (χ1v) is 11.1. The summed E-state index contributed by atoms with van der Waals surface area (Å²) in [7, 11) is 0. The molecule has 2 saturated carbocycles. The number of hydrogen-bond donors (Lipinski definition) is 0. The number of carbonyl (C=O) groups is 2. The van der Waals surface area contributed by atoms with Gasteiger partial charge in [-0.25, -0.2) is 0 Å². The van der Waals surface area contributed by atoms with Crippen LogP contribution >= 0.6 is 0 Å². The molecule has 4 rings (SSSR count). The molecule has 0 radical (unpaired) electrons. The van der Waals surface area contributed by atoms with Gasteiger partial charge in [-0.3, -0.25) is 9.59 Å². The lowest BCUT2D eigenvalue weighted by molar-refractivity contribution is -0.148. The molecule has 4 aliphatic carbocycles. The SMILES string of the molecule is C=C(OC(C)=O)C1=CCC2C3CC=C4CC(OC(C)=O)CCC4(C)C3CCC12C. The molecule has 0 spiro atoms. The summed E-state index contributed by atoms with van der Waals surface area (Å²) in [6.07, 6.45) is 12.2. The molecule has 0 aromatic carbocycles. The molecule has 6 atom stereocenters. The van der Waals surface area contributed by atoms with Crippen molar-refractivity contribution < 1.29 is 19.1 Å². The van der Waals surface area contributed by atoms with E-state index in [1.54, 1.807) is 0 Å². The fourth-order valence-corrected chi connectivity index (χ4v) is 7.19. The van der Waals surface area contributed by atoms with Crippen LogP contribution in [0.1, 0.15) is 72.6 Å². The Hall–Kier alpha value is -1.84. The van der Waals surface area contributed by atoms with Gasteiger partial charge >= 0.3 is 11.9 Å². The average molecular weight is 399 g/mol. The summed E-state index contributed by atoms with van der Waals surface area (Å²) in [5, 5.41) is 0. The largest absolute Gasteiger partial charge is 0.462 e. The Bertz CT molecular complexity index is 806. The molecule has 4 nitrogen and oxygen atoms in total. The molecule has 29 heavy (non-hydrogen) atoms. The third-order valence-electron chi connectivity index (χ3n) is 8.54. The van der Waals surface area contributed by atoms with Crippen LogP contribution < -0.4 is 0 Å². The minimum Gasteiger partial charge on any atom is -0.462 e. The normalized spacial score (nSPS) is 40.6. The van der Waals surface area contributed by atoms with Gasteiger partial charge in [-0.2, -0.15) is 0 Å². The van der Waals surface area contributed by atoms with Gasteiger partial charge in [0.25, 0.3) is 0 Å². The molecule has 0 heterocycles. The van der Waals surface area contributed by atoms with Crippen LogP contribution in [0.3, 0.4) is 0 Å². The van der Waals surface area contributed by atoms with Gasteiger partial charge in [0.2, 0.25) is 0 Å². The van der Waals surface area contributed by atoms with Crippen LogP contribution in [0.15, 0.2) is 35.6 Å². The Morgan fingerprint density at radius 1 is 1.00 bits per heavy atom. The fourth-order valence-electron chi connectivity index (χ4n) is 7.19. The van der Waals surface area contributed by atoms with E-state index < -0.39 is 0 Å². The molecule has 0 aliphatic heterocycles. The predicted octanol–water partition coefficient (Wildman–Crippen LogP) is 5.49. The Morgan fingerprint density at radius 2 is 1.72 bits per heavy atom. The third kappa shape index (κ3) is 3.29. The fraction of sp³-hybridized carbons (Fsp3) is 0.680. The second-order valence-corrected chi connectivity index (χ2v) is 10.1. The lowest BCUT2D eigenvalue weighted by Gasteiger charge is -2.57. The molecule has 0 N–H and O–H groups in total. The molecular weight excluding hydrogens is 364 g/mol. The molecule has 158 valence electrons. The number of esters is 2. The van der Waals surface area contributed by atoms with E-state index >= 15 is 0 Å². The maximum Gasteiger partial charge on any atom is 0.308 e. The van der Waals surface area contributed by atoms with Crippen molar-refractivity contribution >= 4 is 11.9 Å². The topological polar surface area (TPSA) is 52.6 Å². The maximum absolute atomic E-state index is 11.4. The van der Waals surface area contributed by atoms with Crippen molar-refractivity contribution in [3.8, 4) is 0 Å². The van der Waals surface area contributed by atoms with Crippen LogP contribution in [0.5, 0.6) is 0 Å². The van der Waals surface area contributed by atoms with Crippen LogP contribution in [0.25, 0.3) is 0 Å². The number of carbonyl (C=O) groups excluding carboxylic acids is 2. The summed E-state index contributed by atoms with van der Waals surface area (Å²) < 4.78 is 10.9. The summed E-state index contributed by atoms with van der Waals surface area (Å²) in [6.45, 7) is 11.8. The van der Waals surface area contributed by atoms with Gasteiger partial charge in [0.15, 0.2) is 0 Å². The Kier molecular flexibility index (Phi) is 5.03. The third-order valence-corrected chi connectivity index (χ3v) is 8.54. The van der Waals surface area contributed by atoms with Crippen LogP contribution in [0.2, 0.25) is 0 Å². The van der Waals surface area contributed by atoms with Crippen LogP contribution in [-0.2, 0) is 19.1 Å². The van der Waals surface area contributed by atoms with Gasteiger partial charge in [0.05, 0.1) is 0 Å². The van der Waals surface area contributed by atoms with E-state index in [0.29, 0.717) is 23.5 Å². The molecular formula is C25H34O4. The minimum absolute atomic E-state index is 0.0454. The quantitative estimate of drug-likeness (QED) is 0.358. The van der Waals surface area contributed by atoms with Crippen molar-refractivity contribution in [3.63, 3.8) is 0 Å². The molecule has 6 unspecified atom stereocenters. The monoisotopic (exact) mass is 398 g/mol. The zero-order valence-electron chi connectivity index (χ0n) is 18.3. The molecule has 2 fully saturated rings. The van der Waals surface area contributed by atoms with Crippen molar-refractivity contribution in [3.05, 3.63) is 35.6 Å². The standard InChI is InChI=1S/C25H34O4/c1-15(28-16(2)26)21-8-9-22-20-7-6-18-14-19(29-17(3)27)10-12-24(18,4)23(20)11-13-25(21,22)5/h6,8,19-20,22-23H,1,7,9-14H2,2-5H3. The molecule has 0 amide bonds. The highest BCUT2D eigenvalue weighted by Gasteiger charge is 2.57. The molecule has 0 bridgehead atoms. The highest BCUT2D eigenvalue weighted by atomic mass is 16.5. The minimum atomic E-state index is -0.293. The molecule has 0 saturated heterocycles. The predicted molar refractivity (Wildman–Crippen MR) is 112 cm³/mol. The first kappa shape index (κ1) is 20.4. The molecule has 4 aliphatic rings. The highest BCUT2D eigenvalue weighted by Crippen LogP contribution is 2.65. The van der Waals surface area contributed by atoms with Crippen LogP contribution in [0.4, 0.5) is 0 Å². The lowest BCUT2D eigenvalue weighted by Crippen LogP contribution is -2.50. The zero-order valence-corrected chi connectivity index (χ0v) is 18.3. The number of ether oxygens (including phenoxy) is 2. The van der Waals surface area contributed by atoms with Crippen molar-refractivity contribution in [1.82, 2.24) is 0 Å². The Labute approximate surface area is 174 Å². The van der Waals surface area contributed by atoms with Crippen LogP contribution in [-0.4, -0.2) is 18.0 Å². The molecule has 4 heteroatoms. The number of allylic oxidation sites excluding steroid dienone is 3. The summed E-state index contributed by atoms with van der Waals surface area (Å²) in [4.78, 5) is 22.9. The first-order chi connectivity index (χ1) is 13.6. The lowest BCUT2D eigenvalue weighted by atomic mass is 9.47. The maximum atomic E-state index is 11.4. The Morgan fingerprint density at radius 3 is 2.41 bits per heavy atom. The van der Waals surface area contributed by atoms with Gasteiger partial charge in [0, 0.05) is 20.3 Å². The second kappa shape index (κ2) is 7.14. The van der Waals surface area contributed by atoms with Crippen molar-refractivity contribution in [2.75, 3.05) is 0 Å². The van der Waals surface area contributed by atoms with Gasteiger partial charge in [0.1, 0.15) is 11.9 Å². The van der Waals surface area contributed by atoms with E-state index in [1.165, 1.54) is 25.8 Å². The molecule has 0 aromatic heterocycles. The van der Waals surface area contributed by atoms with E-state index in [4.69, 9.17) is 9.47 Å². The Balaban J connectivity index is 1.55. The summed E-state index contributed by atoms with van der Waals surface area (Å²) in [6, 6.07) is 0. The smallest absolute Gasteiger partial charge is 0.308 e. The van der Waals surface area contributed by atoms with Crippen molar-refractivity contribution in [1.29, 1.82) is 0 Å². The van der Waals surface area contributed by atoms with E-state index in [1.807, 2.05) is 0 Å². The average Bonchev–Trinajstić information content (AvgIpc) is 2.98. The number of hydrogen-bond acceptors (Lipinski definition) is 4. The first-order valence-electron chi connectivity index (χ1n) is 11.1.